The third kappa shape index (κ3) is 3.15. The van der Waals surface area contributed by atoms with Crippen molar-refractivity contribution in [1.82, 2.24) is 4.98 Å². The van der Waals surface area contributed by atoms with Crippen LogP contribution in [0.15, 0.2) is 53.3 Å². The summed E-state index contributed by atoms with van der Waals surface area (Å²) in [5.74, 6) is 0.611. The lowest BCUT2D eigenvalue weighted by atomic mass is 9.99. The molecule has 0 amide bonds. The number of pyridine rings is 1. The minimum atomic E-state index is -0.543. The van der Waals surface area contributed by atoms with E-state index in [9.17, 15) is 14.4 Å². The van der Waals surface area contributed by atoms with Crippen molar-refractivity contribution in [2.45, 2.75) is 0 Å². The number of aromatic nitrogens is 1. The van der Waals surface area contributed by atoms with E-state index in [0.717, 1.165) is 0 Å². The van der Waals surface area contributed by atoms with Gasteiger partial charge >= 0.3 is 0 Å². The Morgan fingerprint density at radius 2 is 1.77 bits per heavy atom. The molecule has 0 spiro atoms. The molecule has 0 aliphatic rings. The van der Waals surface area contributed by atoms with Gasteiger partial charge in [-0.2, -0.15) is 5.26 Å². The van der Waals surface area contributed by atoms with Gasteiger partial charge in [-0.1, -0.05) is 12.1 Å². The Morgan fingerprint density at radius 3 is 2.42 bits per heavy atom. The van der Waals surface area contributed by atoms with Crippen molar-refractivity contribution in [3.8, 4) is 40.0 Å². The van der Waals surface area contributed by atoms with Crippen molar-refractivity contribution in [1.29, 1.82) is 5.26 Å². The summed E-state index contributed by atoms with van der Waals surface area (Å²) in [7, 11) is 3.05. The van der Waals surface area contributed by atoms with Crippen LogP contribution in [0.25, 0.3) is 22.4 Å². The number of hydrogen-bond donors (Lipinski definition) is 1. The molecule has 1 aromatic heterocycles. The van der Waals surface area contributed by atoms with Gasteiger partial charge in [0.25, 0.3) is 5.56 Å². The van der Waals surface area contributed by atoms with Crippen LogP contribution < -0.4 is 15.0 Å². The van der Waals surface area contributed by atoms with Crippen LogP contribution in [0.1, 0.15) is 5.56 Å². The number of H-pyrrole nitrogens is 1. The quantitative estimate of drug-likeness (QED) is 0.778. The third-order valence-electron chi connectivity index (χ3n) is 3.98. The molecule has 130 valence electrons. The minimum absolute atomic E-state index is 0.0696. The summed E-state index contributed by atoms with van der Waals surface area (Å²) in [5.41, 5.74) is 1.35. The minimum Gasteiger partial charge on any atom is -0.493 e. The summed E-state index contributed by atoms with van der Waals surface area (Å²) in [6, 6.07) is 14.5. The van der Waals surface area contributed by atoms with Crippen molar-refractivity contribution in [2.24, 2.45) is 0 Å². The normalized spacial score (nSPS) is 10.2. The summed E-state index contributed by atoms with van der Waals surface area (Å²) in [6.45, 7) is 0. The van der Waals surface area contributed by atoms with Gasteiger partial charge in [-0.15, -0.1) is 0 Å². The molecule has 0 saturated heterocycles. The van der Waals surface area contributed by atoms with Gasteiger partial charge in [-0.05, 0) is 42.0 Å². The number of benzene rings is 2. The standard InChI is InChI=1S/C20H15FN2O3/c1-25-18-7-6-13(9-19(18)26-2)17-10-15(16(11-22)20(24)23-17)12-4-3-5-14(21)8-12/h3-10H,1-2H3,(H,23,24). The molecule has 1 heterocycles. The lowest BCUT2D eigenvalue weighted by Gasteiger charge is -2.11. The van der Waals surface area contributed by atoms with Crippen molar-refractivity contribution >= 4 is 0 Å². The van der Waals surface area contributed by atoms with E-state index in [0.29, 0.717) is 33.9 Å². The second kappa shape index (κ2) is 7.11. The average Bonchev–Trinajstić information content (AvgIpc) is 2.66. The smallest absolute Gasteiger partial charge is 0.266 e. The summed E-state index contributed by atoms with van der Waals surface area (Å²) in [4.78, 5) is 15.1. The van der Waals surface area contributed by atoms with Crippen LogP contribution in [0.2, 0.25) is 0 Å². The van der Waals surface area contributed by atoms with E-state index in [-0.39, 0.29) is 5.56 Å². The number of ether oxygens (including phenoxy) is 2. The highest BCUT2D eigenvalue weighted by Gasteiger charge is 2.14. The molecule has 0 atom stereocenters. The predicted octanol–water partition coefficient (Wildman–Crippen LogP) is 3.74. The maximum absolute atomic E-state index is 13.6. The lowest BCUT2D eigenvalue weighted by molar-refractivity contribution is 0.355. The van der Waals surface area contributed by atoms with E-state index in [2.05, 4.69) is 4.98 Å². The first kappa shape index (κ1) is 17.2. The largest absolute Gasteiger partial charge is 0.493 e. The van der Waals surface area contributed by atoms with Crippen LogP contribution in [0, 0.1) is 17.1 Å². The zero-order chi connectivity index (χ0) is 18.7. The number of hydrogen-bond acceptors (Lipinski definition) is 4. The van der Waals surface area contributed by atoms with Gasteiger partial charge < -0.3 is 14.5 Å². The summed E-state index contributed by atoms with van der Waals surface area (Å²) in [6.07, 6.45) is 0. The Kier molecular flexibility index (Phi) is 4.72. The maximum Gasteiger partial charge on any atom is 0.266 e. The molecule has 0 saturated carbocycles. The molecule has 0 unspecified atom stereocenters. The van der Waals surface area contributed by atoms with E-state index >= 15 is 0 Å². The number of rotatable bonds is 4. The number of aromatic amines is 1. The highest BCUT2D eigenvalue weighted by atomic mass is 19.1. The van der Waals surface area contributed by atoms with Crippen LogP contribution in [0.4, 0.5) is 4.39 Å². The van der Waals surface area contributed by atoms with E-state index in [1.165, 1.54) is 32.4 Å². The summed E-state index contributed by atoms with van der Waals surface area (Å²) >= 11 is 0. The molecule has 3 rings (SSSR count). The monoisotopic (exact) mass is 350 g/mol. The van der Waals surface area contributed by atoms with Crippen LogP contribution in [0.3, 0.4) is 0 Å². The number of nitriles is 1. The first-order valence-electron chi connectivity index (χ1n) is 7.73. The fourth-order valence-corrected chi connectivity index (χ4v) is 2.71. The number of nitrogens with one attached hydrogen (secondary N) is 1. The van der Waals surface area contributed by atoms with E-state index in [4.69, 9.17) is 9.47 Å². The van der Waals surface area contributed by atoms with E-state index in [1.807, 2.05) is 6.07 Å². The number of nitrogens with zero attached hydrogens (tertiary/aromatic N) is 1. The van der Waals surface area contributed by atoms with Gasteiger partial charge in [-0.25, -0.2) is 4.39 Å². The molecule has 0 bridgehead atoms. The molecular formula is C20H15FN2O3. The van der Waals surface area contributed by atoms with Gasteiger partial charge in [0.1, 0.15) is 17.4 Å². The zero-order valence-electron chi connectivity index (χ0n) is 14.2. The van der Waals surface area contributed by atoms with Crippen molar-refractivity contribution in [3.05, 3.63) is 70.3 Å². The second-order valence-electron chi connectivity index (χ2n) is 5.49. The molecule has 26 heavy (non-hydrogen) atoms. The van der Waals surface area contributed by atoms with E-state index < -0.39 is 11.4 Å². The topological polar surface area (TPSA) is 75.1 Å². The summed E-state index contributed by atoms with van der Waals surface area (Å²) < 4.78 is 24.1. The highest BCUT2D eigenvalue weighted by Crippen LogP contribution is 2.33. The Balaban J connectivity index is 2.22. The summed E-state index contributed by atoms with van der Waals surface area (Å²) in [5, 5.41) is 9.34. The molecule has 0 aliphatic carbocycles. The second-order valence-corrected chi connectivity index (χ2v) is 5.49. The van der Waals surface area contributed by atoms with Crippen molar-refractivity contribution < 1.29 is 13.9 Å². The number of methoxy groups -OCH3 is 2. The Hall–Kier alpha value is -3.59. The highest BCUT2D eigenvalue weighted by molar-refractivity contribution is 5.76. The molecule has 5 nitrogen and oxygen atoms in total. The fraction of sp³-hybridized carbons (Fsp3) is 0.100. The molecule has 6 heteroatoms. The zero-order valence-corrected chi connectivity index (χ0v) is 14.2. The van der Waals surface area contributed by atoms with Gasteiger partial charge in [0.2, 0.25) is 0 Å². The molecule has 0 aliphatic heterocycles. The van der Waals surface area contributed by atoms with Crippen LogP contribution in [-0.2, 0) is 0 Å². The van der Waals surface area contributed by atoms with Crippen molar-refractivity contribution in [3.63, 3.8) is 0 Å². The molecule has 3 aromatic rings. The predicted molar refractivity (Wildman–Crippen MR) is 95.7 cm³/mol. The fourth-order valence-electron chi connectivity index (χ4n) is 2.71. The maximum atomic E-state index is 13.6. The SMILES string of the molecule is COc1ccc(-c2cc(-c3cccc(F)c3)c(C#N)c(=O)[nH]2)cc1OC. The Bertz CT molecular complexity index is 1070. The third-order valence-corrected chi connectivity index (χ3v) is 3.98. The van der Waals surface area contributed by atoms with E-state index in [1.54, 1.807) is 30.3 Å². The Morgan fingerprint density at radius 1 is 1.00 bits per heavy atom. The van der Waals surface area contributed by atoms with Gasteiger partial charge in [0.05, 0.1) is 14.2 Å². The molecule has 2 aromatic carbocycles. The van der Waals surface area contributed by atoms with Crippen LogP contribution in [0.5, 0.6) is 11.5 Å². The van der Waals surface area contributed by atoms with Gasteiger partial charge in [-0.3, -0.25) is 4.79 Å². The molecule has 0 fully saturated rings. The lowest BCUT2D eigenvalue weighted by Crippen LogP contribution is -2.12. The Labute approximate surface area is 149 Å². The van der Waals surface area contributed by atoms with Crippen LogP contribution in [-0.4, -0.2) is 19.2 Å². The number of halogens is 1. The molecular weight excluding hydrogens is 335 g/mol. The molecule has 0 radical (unpaired) electrons. The first-order chi connectivity index (χ1) is 12.6. The average molecular weight is 350 g/mol. The molecule has 1 N–H and O–H groups in total. The van der Waals surface area contributed by atoms with Crippen LogP contribution >= 0.6 is 0 Å². The van der Waals surface area contributed by atoms with Gasteiger partial charge in [0, 0.05) is 16.8 Å². The van der Waals surface area contributed by atoms with Crippen molar-refractivity contribution in [2.75, 3.05) is 14.2 Å². The van der Waals surface area contributed by atoms with Gasteiger partial charge in [0.15, 0.2) is 11.5 Å². The first-order valence-corrected chi connectivity index (χ1v) is 7.73.